The molecule has 0 amide bonds. The second kappa shape index (κ2) is 1.85. The normalized spacial score (nSPS) is 16.0. The van der Waals surface area contributed by atoms with Crippen LogP contribution in [-0.2, 0) is 23.7 Å². The van der Waals surface area contributed by atoms with Gasteiger partial charge in [-0.3, -0.25) is 0 Å². The summed E-state index contributed by atoms with van der Waals surface area (Å²) in [6.07, 6.45) is 0. The second-order valence-corrected chi connectivity index (χ2v) is 2.60. The Morgan fingerprint density at radius 3 is 1.00 bits per heavy atom. The third-order valence-corrected chi connectivity index (χ3v) is 0. The van der Waals surface area contributed by atoms with Crippen LogP contribution in [0.3, 0.4) is 0 Å². The van der Waals surface area contributed by atoms with Gasteiger partial charge in [-0.05, 0) is 0 Å². The van der Waals surface area contributed by atoms with Crippen molar-refractivity contribution in [3.8, 4) is 0 Å². The van der Waals surface area contributed by atoms with Gasteiger partial charge in [-0.1, -0.05) is 0 Å². The molecule has 0 unspecified atom stereocenters. The summed E-state index contributed by atoms with van der Waals surface area (Å²) >= 11 is -7.51. The molecule has 0 bridgehead atoms. The van der Waals surface area contributed by atoms with Crippen molar-refractivity contribution in [2.24, 2.45) is 0 Å². The van der Waals surface area contributed by atoms with Gasteiger partial charge in [-0.15, -0.1) is 0 Å². The molecule has 0 aromatic rings. The number of hydrogen-bond donors (Lipinski definition) is 0. The van der Waals surface area contributed by atoms with Crippen molar-refractivity contribution < 1.29 is 32.1 Å². The first kappa shape index (κ1) is 10.6. The van der Waals surface area contributed by atoms with Crippen molar-refractivity contribution in [3.05, 3.63) is 0 Å². The summed E-state index contributed by atoms with van der Waals surface area (Å²) < 4.78 is 43.1. The Bertz CT molecular complexity index is 186. The molecule has 0 rings (SSSR count). The topological polar surface area (TPSA) is 97.3 Å². The molecule has 0 atom stereocenters. The van der Waals surface area contributed by atoms with E-state index in [1.165, 1.54) is 0 Å². The van der Waals surface area contributed by atoms with Gasteiger partial charge in [0.05, 0.1) is 0 Å². The van der Waals surface area contributed by atoms with Gasteiger partial charge in [-0.25, -0.2) is 0 Å². The molecule has 0 fully saturated rings. The van der Waals surface area contributed by atoms with Crippen molar-refractivity contribution in [3.63, 3.8) is 0 Å². The van der Waals surface area contributed by atoms with Crippen LogP contribution in [0.4, 0.5) is 0 Å². The molecule has 7 heavy (non-hydrogen) atoms. The Morgan fingerprint density at radius 2 is 1.00 bits per heavy atom. The summed E-state index contributed by atoms with van der Waals surface area (Å²) in [6, 6.07) is 0. The third kappa shape index (κ3) is 382. The molecule has 0 aliphatic heterocycles. The molecule has 0 aliphatic rings. The molecule has 0 saturated carbocycles. The molecule has 39 valence electrons. The molecule has 0 aromatic carbocycles. The fraction of sp³-hybridized carbons (Fsp3) is 0. The summed E-state index contributed by atoms with van der Waals surface area (Å²) in [6.45, 7) is 0. The van der Waals surface area contributed by atoms with Crippen molar-refractivity contribution in [1.29, 1.82) is 0 Å². The van der Waals surface area contributed by atoms with E-state index in [4.69, 9.17) is 19.9 Å². The molecule has 7 heteroatoms. The summed E-state index contributed by atoms with van der Waals surface area (Å²) in [4.78, 5) is 0. The standard InChI is InChI=1S/Mg.Mn.5O/q+2;;;;;2*-1. The monoisotopic (exact) mass is 159 g/mol. The molecule has 0 radical (unpaired) electrons. The Balaban J connectivity index is 0. The van der Waals surface area contributed by atoms with E-state index in [1.54, 1.807) is 0 Å². The maximum absolute atomic E-state index is 8.61. The molecule has 0 spiro atoms. The third-order valence-electron chi connectivity index (χ3n) is 0. The molecule has 0 aliphatic carbocycles. The van der Waals surface area contributed by atoms with E-state index in [9.17, 15) is 0 Å². The average Bonchev–Trinajstić information content (AvgIpc) is 0.650. The fourth-order valence-electron chi connectivity index (χ4n) is 0. The Morgan fingerprint density at radius 1 is 1.00 bits per heavy atom. The zero-order valence-electron chi connectivity index (χ0n) is 3.13. The minimum absolute atomic E-state index is 0. The van der Waals surface area contributed by atoms with Crippen LogP contribution in [0.5, 0.6) is 0 Å². The molecular weight excluding hydrogens is 159 g/mol. The maximum atomic E-state index is 8.61. The van der Waals surface area contributed by atoms with E-state index >= 15 is 0 Å². The zero-order chi connectivity index (χ0) is 5.45. The summed E-state index contributed by atoms with van der Waals surface area (Å²) in [5.41, 5.74) is 0. The van der Waals surface area contributed by atoms with Gasteiger partial charge in [0, 0.05) is 0 Å². The Hall–Kier alpha value is 0.606. The van der Waals surface area contributed by atoms with Crippen LogP contribution in [-0.4, -0.2) is 23.1 Å². The number of hydrogen-bond acceptors (Lipinski definition) is 5. The van der Waals surface area contributed by atoms with Gasteiger partial charge in [-0.2, -0.15) is 0 Å². The van der Waals surface area contributed by atoms with E-state index in [-0.39, 0.29) is 23.1 Å². The van der Waals surface area contributed by atoms with Crippen LogP contribution in [0.2, 0.25) is 0 Å². The average molecular weight is 159 g/mol. The fourth-order valence-corrected chi connectivity index (χ4v) is 0. The molecule has 5 nitrogen and oxygen atoms in total. The van der Waals surface area contributed by atoms with Gasteiger partial charge in [0.2, 0.25) is 0 Å². The molecule has 0 N–H and O–H groups in total. The quantitative estimate of drug-likeness (QED) is 0.348. The second-order valence-electron chi connectivity index (χ2n) is 0.630. The first-order valence-corrected chi connectivity index (χ1v) is 3.18. The summed E-state index contributed by atoms with van der Waals surface area (Å²) in [5, 5.41) is 0. The number of rotatable bonds is 0. The first-order chi connectivity index (χ1) is 2.24. The Labute approximate surface area is 55.3 Å². The molecule has 0 heterocycles. The van der Waals surface area contributed by atoms with E-state index in [1.807, 2.05) is 0 Å². The predicted molar refractivity (Wildman–Crippen MR) is 7.81 cm³/mol. The van der Waals surface area contributed by atoms with E-state index in [0.29, 0.717) is 0 Å². The molecular formula is MgMnO5. The van der Waals surface area contributed by atoms with Gasteiger partial charge >= 0.3 is 55.2 Å². The molecule has 0 aromatic heterocycles. The van der Waals surface area contributed by atoms with Gasteiger partial charge in [0.15, 0.2) is 0 Å². The minimum atomic E-state index is -7.51. The van der Waals surface area contributed by atoms with Crippen LogP contribution in [0, 0.1) is 0 Å². The van der Waals surface area contributed by atoms with Crippen LogP contribution < -0.4 is 8.38 Å². The molecule has 0 saturated heterocycles. The zero-order valence-corrected chi connectivity index (χ0v) is 5.72. The first-order valence-electron chi connectivity index (χ1n) is 0.772. The van der Waals surface area contributed by atoms with Crippen molar-refractivity contribution in [1.82, 2.24) is 0 Å². The van der Waals surface area contributed by atoms with Crippen LogP contribution in [0.1, 0.15) is 0 Å². The van der Waals surface area contributed by atoms with Gasteiger partial charge in [0.25, 0.3) is 0 Å². The van der Waals surface area contributed by atoms with Crippen molar-refractivity contribution in [2.75, 3.05) is 0 Å². The van der Waals surface area contributed by atoms with Crippen LogP contribution in [0.25, 0.3) is 0 Å². The van der Waals surface area contributed by atoms with E-state index < -0.39 is 12.2 Å². The van der Waals surface area contributed by atoms with Crippen LogP contribution in [0.15, 0.2) is 0 Å². The van der Waals surface area contributed by atoms with E-state index in [0.717, 1.165) is 0 Å². The predicted octanol–water partition coefficient (Wildman–Crippen LogP) is -3.12. The summed E-state index contributed by atoms with van der Waals surface area (Å²) in [5.74, 6) is 0. The van der Waals surface area contributed by atoms with Crippen LogP contribution >= 0.6 is 0 Å². The summed E-state index contributed by atoms with van der Waals surface area (Å²) in [7, 11) is 0. The van der Waals surface area contributed by atoms with E-state index in [2.05, 4.69) is 0 Å². The Kier molecular flexibility index (Phi) is 2.78. The van der Waals surface area contributed by atoms with Gasteiger partial charge in [0.1, 0.15) is 0 Å². The van der Waals surface area contributed by atoms with Crippen molar-refractivity contribution >= 4 is 23.1 Å². The van der Waals surface area contributed by atoms with Crippen molar-refractivity contribution in [2.45, 2.75) is 0 Å². The van der Waals surface area contributed by atoms with Gasteiger partial charge < -0.3 is 0 Å². The SMILES string of the molecule is [Mg+2].[O]=[Mn](=[O])(=[O])([O-])[O-].